The zero-order valence-corrected chi connectivity index (χ0v) is 23.4. The van der Waals surface area contributed by atoms with E-state index in [-0.39, 0.29) is 29.8 Å². The van der Waals surface area contributed by atoms with Gasteiger partial charge in [-0.2, -0.15) is 0 Å². The summed E-state index contributed by atoms with van der Waals surface area (Å²) in [5.74, 6) is 1.57. The monoisotopic (exact) mass is 555 g/mol. The van der Waals surface area contributed by atoms with Gasteiger partial charge in [-0.15, -0.1) is 12.4 Å². The third-order valence-corrected chi connectivity index (χ3v) is 6.76. The van der Waals surface area contributed by atoms with Crippen molar-refractivity contribution in [2.24, 2.45) is 0 Å². The third-order valence-electron chi connectivity index (χ3n) is 6.76. The Morgan fingerprint density at radius 2 is 1.69 bits per heavy atom. The molecular weight excluding hydrogens is 518 g/mol. The van der Waals surface area contributed by atoms with E-state index in [0.717, 1.165) is 61.1 Å². The molecule has 4 rings (SSSR count). The quantitative estimate of drug-likeness (QED) is 0.194. The zero-order valence-electron chi connectivity index (χ0n) is 22.6. The van der Waals surface area contributed by atoms with E-state index in [9.17, 15) is 15.0 Å². The van der Waals surface area contributed by atoms with Gasteiger partial charge < -0.3 is 29.7 Å². The third kappa shape index (κ3) is 7.58. The highest BCUT2D eigenvalue weighted by atomic mass is 35.5. The van der Waals surface area contributed by atoms with Crippen LogP contribution < -0.4 is 19.5 Å². The summed E-state index contributed by atoms with van der Waals surface area (Å²) < 4.78 is 18.2. The van der Waals surface area contributed by atoms with Crippen LogP contribution in [0.1, 0.15) is 72.6 Å². The lowest BCUT2D eigenvalue weighted by atomic mass is 9.99. The van der Waals surface area contributed by atoms with Crippen LogP contribution in [0.3, 0.4) is 0 Å². The summed E-state index contributed by atoms with van der Waals surface area (Å²) in [4.78, 5) is 11.6. The van der Waals surface area contributed by atoms with E-state index in [0.29, 0.717) is 36.9 Å². The predicted molar refractivity (Wildman–Crippen MR) is 154 cm³/mol. The van der Waals surface area contributed by atoms with Crippen LogP contribution in [0.4, 0.5) is 0 Å². The number of carbonyl (C=O) groups is 1. The van der Waals surface area contributed by atoms with Gasteiger partial charge >= 0.3 is 5.97 Å². The number of hydrogen-bond acceptors (Lipinski definition) is 6. The lowest BCUT2D eigenvalue weighted by molar-refractivity contribution is 0.0694. The standard InChI is InChI=1S/C31H37NO6.ClH/c1-3-10-22-27(14-7-15-28(22)38-29-13-6-5-11-23(29)31(34)35)36-17-9-18-37-30-20-26(33)24(19-21(30)4-2)25-12-8-16-32-25;/h5-7,11,13-15,19-20,25,32-33H,3-4,8-10,12,16-18H2,1-2H3,(H,34,35);1H. The van der Waals surface area contributed by atoms with Crippen LogP contribution in [-0.2, 0) is 12.8 Å². The smallest absolute Gasteiger partial charge is 0.339 e. The molecule has 0 aromatic heterocycles. The van der Waals surface area contributed by atoms with Crippen molar-refractivity contribution in [1.29, 1.82) is 0 Å². The first-order chi connectivity index (χ1) is 18.5. The average Bonchev–Trinajstić information content (AvgIpc) is 3.45. The van der Waals surface area contributed by atoms with E-state index in [1.807, 2.05) is 18.2 Å². The van der Waals surface area contributed by atoms with Crippen LogP contribution in [0.2, 0.25) is 0 Å². The molecule has 1 saturated heterocycles. The Morgan fingerprint density at radius 1 is 0.974 bits per heavy atom. The summed E-state index contributed by atoms with van der Waals surface area (Å²) in [5.41, 5.74) is 3.06. The van der Waals surface area contributed by atoms with E-state index in [1.165, 1.54) is 6.07 Å². The molecule has 0 radical (unpaired) electrons. The number of rotatable bonds is 13. The number of nitrogens with one attached hydrogen (secondary N) is 1. The van der Waals surface area contributed by atoms with Crippen molar-refractivity contribution in [1.82, 2.24) is 5.32 Å². The molecule has 1 atom stereocenters. The Bertz CT molecular complexity index is 1240. The first-order valence-corrected chi connectivity index (χ1v) is 13.5. The van der Waals surface area contributed by atoms with Crippen LogP contribution in [0.5, 0.6) is 28.7 Å². The number of aromatic hydroxyl groups is 1. The Morgan fingerprint density at radius 3 is 2.38 bits per heavy atom. The second-order valence-electron chi connectivity index (χ2n) is 9.46. The minimum absolute atomic E-state index is 0. The van der Waals surface area contributed by atoms with E-state index < -0.39 is 5.97 Å². The maximum Gasteiger partial charge on any atom is 0.339 e. The molecule has 0 spiro atoms. The Labute approximate surface area is 236 Å². The number of aryl methyl sites for hydroxylation is 1. The summed E-state index contributed by atoms with van der Waals surface area (Å²) in [7, 11) is 0. The number of para-hydroxylation sites is 1. The van der Waals surface area contributed by atoms with Gasteiger partial charge in [-0.3, -0.25) is 0 Å². The van der Waals surface area contributed by atoms with Crippen LogP contribution in [0, 0.1) is 0 Å². The number of aromatic carboxylic acids is 1. The molecule has 0 aliphatic carbocycles. The second kappa shape index (κ2) is 14.7. The Kier molecular flexibility index (Phi) is 11.3. The number of carboxylic acids is 1. The van der Waals surface area contributed by atoms with Crippen molar-refractivity contribution >= 4 is 18.4 Å². The van der Waals surface area contributed by atoms with Gasteiger partial charge in [-0.05, 0) is 68.1 Å². The number of ether oxygens (including phenoxy) is 3. The molecule has 0 bridgehead atoms. The molecule has 0 saturated carbocycles. The molecule has 7 nitrogen and oxygen atoms in total. The van der Waals surface area contributed by atoms with Gasteiger partial charge in [0.25, 0.3) is 0 Å². The topological polar surface area (TPSA) is 97.3 Å². The molecule has 1 aliphatic heterocycles. The van der Waals surface area contributed by atoms with Crippen molar-refractivity contribution in [3.8, 4) is 28.7 Å². The van der Waals surface area contributed by atoms with E-state index in [2.05, 4.69) is 25.2 Å². The van der Waals surface area contributed by atoms with Gasteiger partial charge in [-0.1, -0.05) is 38.5 Å². The molecule has 1 heterocycles. The van der Waals surface area contributed by atoms with Crippen LogP contribution in [-0.4, -0.2) is 35.9 Å². The molecule has 1 fully saturated rings. The second-order valence-corrected chi connectivity index (χ2v) is 9.46. The molecule has 39 heavy (non-hydrogen) atoms. The minimum atomic E-state index is -1.03. The van der Waals surface area contributed by atoms with Crippen molar-refractivity contribution < 1.29 is 29.2 Å². The summed E-state index contributed by atoms with van der Waals surface area (Å²) in [6.45, 7) is 6.05. The fraction of sp³-hybridized carbons (Fsp3) is 0.387. The molecule has 3 aromatic carbocycles. The maximum atomic E-state index is 11.6. The molecular formula is C31H38ClNO6. The summed E-state index contributed by atoms with van der Waals surface area (Å²) in [5, 5.41) is 23.5. The summed E-state index contributed by atoms with van der Waals surface area (Å²) in [6.07, 6.45) is 5.26. The number of halogens is 1. The van der Waals surface area contributed by atoms with Crippen LogP contribution >= 0.6 is 12.4 Å². The number of benzene rings is 3. The zero-order chi connectivity index (χ0) is 26.9. The van der Waals surface area contributed by atoms with Gasteiger partial charge in [0, 0.05) is 29.7 Å². The number of carboxylic acid groups (broad SMARTS) is 1. The van der Waals surface area contributed by atoms with Crippen molar-refractivity contribution in [2.45, 2.75) is 58.4 Å². The number of phenolic OH excluding ortho intramolecular Hbond substituents is 1. The summed E-state index contributed by atoms with van der Waals surface area (Å²) >= 11 is 0. The Balaban J connectivity index is 0.00000420. The fourth-order valence-electron chi connectivity index (χ4n) is 4.82. The highest BCUT2D eigenvalue weighted by Gasteiger charge is 2.21. The molecule has 3 N–H and O–H groups in total. The Hall–Kier alpha value is -3.42. The lowest BCUT2D eigenvalue weighted by Crippen LogP contribution is -2.13. The van der Waals surface area contributed by atoms with Crippen molar-refractivity contribution in [2.75, 3.05) is 19.8 Å². The predicted octanol–water partition coefficient (Wildman–Crippen LogP) is 7.09. The molecule has 1 unspecified atom stereocenters. The lowest BCUT2D eigenvalue weighted by Gasteiger charge is -2.18. The normalized spacial score (nSPS) is 14.5. The maximum absolute atomic E-state index is 11.6. The number of phenols is 1. The van der Waals surface area contributed by atoms with E-state index in [1.54, 1.807) is 24.3 Å². The molecule has 210 valence electrons. The van der Waals surface area contributed by atoms with Crippen molar-refractivity contribution in [3.63, 3.8) is 0 Å². The van der Waals surface area contributed by atoms with Gasteiger partial charge in [-0.25, -0.2) is 4.79 Å². The molecule has 0 amide bonds. The SMILES string of the molecule is CCCc1c(OCCCOc2cc(O)c(C3CCCN3)cc2CC)cccc1Oc1ccccc1C(=O)O.Cl. The number of hydrogen-bond donors (Lipinski definition) is 3. The first-order valence-electron chi connectivity index (χ1n) is 13.5. The molecule has 1 aliphatic rings. The van der Waals surface area contributed by atoms with E-state index >= 15 is 0 Å². The van der Waals surface area contributed by atoms with Crippen molar-refractivity contribution in [3.05, 3.63) is 76.9 Å². The highest BCUT2D eigenvalue weighted by molar-refractivity contribution is 5.91. The van der Waals surface area contributed by atoms with Crippen LogP contribution in [0.15, 0.2) is 54.6 Å². The van der Waals surface area contributed by atoms with Gasteiger partial charge in [0.2, 0.25) is 0 Å². The van der Waals surface area contributed by atoms with Crippen LogP contribution in [0.25, 0.3) is 0 Å². The van der Waals surface area contributed by atoms with Gasteiger partial charge in [0.1, 0.15) is 34.3 Å². The molecule has 3 aromatic rings. The highest BCUT2D eigenvalue weighted by Crippen LogP contribution is 2.37. The fourth-order valence-corrected chi connectivity index (χ4v) is 4.82. The molecule has 8 heteroatoms. The first kappa shape index (κ1) is 30.1. The minimum Gasteiger partial charge on any atom is -0.507 e. The average molecular weight is 556 g/mol. The largest absolute Gasteiger partial charge is 0.507 e. The van der Waals surface area contributed by atoms with Gasteiger partial charge in [0.15, 0.2) is 0 Å². The van der Waals surface area contributed by atoms with E-state index in [4.69, 9.17) is 14.2 Å². The van der Waals surface area contributed by atoms with Gasteiger partial charge in [0.05, 0.1) is 13.2 Å². The summed E-state index contributed by atoms with van der Waals surface area (Å²) in [6, 6.07) is 16.2.